The van der Waals surface area contributed by atoms with Crippen molar-refractivity contribution in [1.29, 1.82) is 0 Å². The van der Waals surface area contributed by atoms with Crippen molar-refractivity contribution in [2.45, 2.75) is 19.8 Å². The summed E-state index contributed by atoms with van der Waals surface area (Å²) in [6, 6.07) is 65.8. The molecule has 0 amide bonds. The molecular weight excluding hydrogens is 775 g/mol. The Bertz CT molecular complexity index is 3400. The van der Waals surface area contributed by atoms with Gasteiger partial charge in [-0.3, -0.25) is 4.98 Å². The molecular formula is C56H39N5S. The molecule has 0 spiro atoms. The molecule has 5 nitrogen and oxygen atoms in total. The molecule has 0 bridgehead atoms. The van der Waals surface area contributed by atoms with Gasteiger partial charge >= 0.3 is 0 Å². The number of rotatable bonds is 9. The molecule has 7 aromatic carbocycles. The lowest BCUT2D eigenvalue weighted by molar-refractivity contribution is 0.915. The zero-order chi connectivity index (χ0) is 41.4. The minimum Gasteiger partial charge on any atom is -0.261 e. The lowest BCUT2D eigenvalue weighted by Crippen LogP contribution is -2.00. The molecule has 0 aliphatic rings. The van der Waals surface area contributed by atoms with Gasteiger partial charge in [-0.25, -0.2) is 19.9 Å². The number of thiophene rings is 1. The smallest absolute Gasteiger partial charge is 0.160 e. The van der Waals surface area contributed by atoms with E-state index < -0.39 is 0 Å². The topological polar surface area (TPSA) is 64.5 Å². The summed E-state index contributed by atoms with van der Waals surface area (Å²) in [5.74, 6) is 1.34. The van der Waals surface area contributed by atoms with Crippen LogP contribution in [-0.2, 0) is 12.8 Å². The SMILES string of the molecule is Cc1ccc2ccccc2c1-c1cc(-c2cc(-c3ccccc3)nc(-c3ccc(-c4nc(-c5ccccc5)c5sc6ccccc6c5n4)cc3)n2)ccc1CCc1ccccn1. The zero-order valence-corrected chi connectivity index (χ0v) is 34.9. The fourth-order valence-corrected chi connectivity index (χ4v) is 9.65. The first-order valence-electron chi connectivity index (χ1n) is 20.9. The summed E-state index contributed by atoms with van der Waals surface area (Å²) in [4.78, 5) is 25.5. The molecule has 0 atom stereocenters. The number of hydrogen-bond donors (Lipinski definition) is 0. The number of fused-ring (bicyclic) bond motifs is 4. The van der Waals surface area contributed by atoms with Gasteiger partial charge in [-0.05, 0) is 83.1 Å². The van der Waals surface area contributed by atoms with Crippen LogP contribution in [-0.4, -0.2) is 24.9 Å². The monoisotopic (exact) mass is 813 g/mol. The molecule has 0 unspecified atom stereocenters. The highest BCUT2D eigenvalue weighted by Crippen LogP contribution is 2.41. The van der Waals surface area contributed by atoms with E-state index >= 15 is 0 Å². The van der Waals surface area contributed by atoms with E-state index in [0.717, 1.165) is 79.0 Å². The summed E-state index contributed by atoms with van der Waals surface area (Å²) in [5.41, 5.74) is 14.7. The second-order valence-electron chi connectivity index (χ2n) is 15.6. The molecule has 0 aliphatic carbocycles. The maximum Gasteiger partial charge on any atom is 0.160 e. The van der Waals surface area contributed by atoms with Crippen LogP contribution in [0.15, 0.2) is 194 Å². The Labute approximate surface area is 364 Å². The Morgan fingerprint density at radius 2 is 1.11 bits per heavy atom. The first-order chi connectivity index (χ1) is 30.6. The van der Waals surface area contributed by atoms with E-state index in [9.17, 15) is 0 Å². The number of hydrogen-bond acceptors (Lipinski definition) is 6. The minimum atomic E-state index is 0.653. The van der Waals surface area contributed by atoms with Gasteiger partial charge in [-0.2, -0.15) is 0 Å². The standard InChI is InChI=1S/C56H39N5S/c1-36-23-24-37-14-8-9-20-45(37)51(36)47-34-43(30-25-38(47)31-32-44-19-12-13-33-57-44)49-35-48(39-15-4-2-5-16-39)58-55(59-49)41-26-28-42(29-27-41)56-60-52(40-17-6-3-7-18-40)54-53(61-56)46-21-10-11-22-50(46)62-54/h2-30,33-35H,31-32H2,1H3. The zero-order valence-electron chi connectivity index (χ0n) is 34.0. The first-order valence-corrected chi connectivity index (χ1v) is 21.8. The third kappa shape index (κ3) is 7.10. The van der Waals surface area contributed by atoms with Gasteiger partial charge in [-0.1, -0.05) is 158 Å². The van der Waals surface area contributed by atoms with Gasteiger partial charge in [0.2, 0.25) is 0 Å². The van der Waals surface area contributed by atoms with E-state index in [1.54, 1.807) is 11.3 Å². The van der Waals surface area contributed by atoms with Crippen molar-refractivity contribution >= 4 is 42.4 Å². The average molecular weight is 814 g/mol. The second kappa shape index (κ2) is 16.1. The Morgan fingerprint density at radius 1 is 0.468 bits per heavy atom. The maximum atomic E-state index is 5.32. The summed E-state index contributed by atoms with van der Waals surface area (Å²) in [7, 11) is 0. The fraction of sp³-hybridized carbons (Fsp3) is 0.0536. The molecule has 0 radical (unpaired) electrons. The van der Waals surface area contributed by atoms with Crippen LogP contribution in [0.2, 0.25) is 0 Å². The normalized spacial score (nSPS) is 11.4. The van der Waals surface area contributed by atoms with Gasteiger partial charge in [0.05, 0.1) is 27.3 Å². The second-order valence-corrected chi connectivity index (χ2v) is 16.7. The molecule has 0 saturated heterocycles. The highest BCUT2D eigenvalue weighted by molar-refractivity contribution is 7.26. The number of nitrogens with zero attached hydrogens (tertiary/aromatic N) is 5. The predicted octanol–water partition coefficient (Wildman–Crippen LogP) is 14.3. The van der Waals surface area contributed by atoms with Crippen molar-refractivity contribution in [3.63, 3.8) is 0 Å². The van der Waals surface area contributed by atoms with Gasteiger partial charge in [0.25, 0.3) is 0 Å². The molecule has 0 saturated carbocycles. The predicted molar refractivity (Wildman–Crippen MR) is 257 cm³/mol. The van der Waals surface area contributed by atoms with E-state index in [0.29, 0.717) is 11.6 Å². The summed E-state index contributed by atoms with van der Waals surface area (Å²) in [6.45, 7) is 2.21. The third-order valence-corrected chi connectivity index (χ3v) is 12.8. The number of pyridine rings is 1. The van der Waals surface area contributed by atoms with Gasteiger partial charge in [0.1, 0.15) is 0 Å². The van der Waals surface area contributed by atoms with Gasteiger partial charge in [-0.15, -0.1) is 11.3 Å². The highest BCUT2D eigenvalue weighted by atomic mass is 32.1. The van der Waals surface area contributed by atoms with Crippen molar-refractivity contribution in [1.82, 2.24) is 24.9 Å². The van der Waals surface area contributed by atoms with Gasteiger partial charge in [0.15, 0.2) is 11.6 Å². The quantitative estimate of drug-likeness (QED) is 0.145. The van der Waals surface area contributed by atoms with Gasteiger partial charge < -0.3 is 0 Å². The summed E-state index contributed by atoms with van der Waals surface area (Å²) in [6.07, 6.45) is 3.58. The largest absolute Gasteiger partial charge is 0.261 e. The van der Waals surface area contributed by atoms with Crippen LogP contribution in [0.4, 0.5) is 0 Å². The van der Waals surface area contributed by atoms with Crippen LogP contribution in [0.5, 0.6) is 0 Å². The lowest BCUT2D eigenvalue weighted by Gasteiger charge is -2.17. The Kier molecular flexibility index (Phi) is 9.68. The Hall–Kier alpha value is -7.67. The first kappa shape index (κ1) is 37.3. The van der Waals surface area contributed by atoms with E-state index in [1.807, 2.05) is 24.4 Å². The van der Waals surface area contributed by atoms with Crippen molar-refractivity contribution < 1.29 is 0 Å². The van der Waals surface area contributed by atoms with E-state index in [1.165, 1.54) is 37.7 Å². The van der Waals surface area contributed by atoms with Crippen molar-refractivity contribution in [2.75, 3.05) is 0 Å². The molecule has 4 heterocycles. The Morgan fingerprint density at radius 3 is 1.87 bits per heavy atom. The maximum absolute atomic E-state index is 5.32. The van der Waals surface area contributed by atoms with Crippen LogP contribution in [0.25, 0.3) is 98.7 Å². The van der Waals surface area contributed by atoms with Crippen molar-refractivity contribution in [3.05, 3.63) is 211 Å². The fourth-order valence-electron chi connectivity index (χ4n) is 8.49. The molecule has 11 aromatic rings. The minimum absolute atomic E-state index is 0.653. The van der Waals surface area contributed by atoms with E-state index in [-0.39, 0.29) is 0 Å². The Balaban J connectivity index is 1.03. The molecule has 62 heavy (non-hydrogen) atoms. The molecule has 6 heteroatoms. The number of aryl methyl sites for hydroxylation is 3. The van der Waals surface area contributed by atoms with Crippen molar-refractivity contribution in [3.8, 4) is 67.7 Å². The third-order valence-electron chi connectivity index (χ3n) is 11.7. The number of benzene rings is 7. The molecule has 294 valence electrons. The molecule has 4 aromatic heterocycles. The summed E-state index contributed by atoms with van der Waals surface area (Å²) < 4.78 is 2.29. The van der Waals surface area contributed by atoms with Crippen LogP contribution < -0.4 is 0 Å². The van der Waals surface area contributed by atoms with Crippen LogP contribution >= 0.6 is 11.3 Å². The average Bonchev–Trinajstić information content (AvgIpc) is 3.72. The molecule has 0 aliphatic heterocycles. The van der Waals surface area contributed by atoms with Crippen LogP contribution in [0.3, 0.4) is 0 Å². The highest BCUT2D eigenvalue weighted by Gasteiger charge is 2.19. The van der Waals surface area contributed by atoms with Crippen molar-refractivity contribution in [2.24, 2.45) is 0 Å². The summed E-state index contributed by atoms with van der Waals surface area (Å²) >= 11 is 1.74. The molecule has 0 N–H and O–H groups in total. The van der Waals surface area contributed by atoms with Gasteiger partial charge in [0, 0.05) is 49.8 Å². The molecule has 11 rings (SSSR count). The number of aromatic nitrogens is 5. The lowest BCUT2D eigenvalue weighted by atomic mass is 9.88. The van der Waals surface area contributed by atoms with E-state index in [4.69, 9.17) is 19.9 Å². The summed E-state index contributed by atoms with van der Waals surface area (Å²) in [5, 5.41) is 3.60. The van der Waals surface area contributed by atoms with E-state index in [2.05, 4.69) is 182 Å². The molecule has 0 fully saturated rings. The van der Waals surface area contributed by atoms with Crippen LogP contribution in [0.1, 0.15) is 16.8 Å². The van der Waals surface area contributed by atoms with Crippen LogP contribution in [0, 0.1) is 6.92 Å².